The van der Waals surface area contributed by atoms with E-state index in [-0.39, 0.29) is 0 Å². The van der Waals surface area contributed by atoms with E-state index in [4.69, 9.17) is 0 Å². The summed E-state index contributed by atoms with van der Waals surface area (Å²) >= 11 is 4.10. The predicted octanol–water partition coefficient (Wildman–Crippen LogP) is 1.48. The molecule has 0 fully saturated rings. The zero-order chi connectivity index (χ0) is 8.27. The zero-order valence-electron chi connectivity index (χ0n) is 5.90. The number of hydrogen-bond acceptors (Lipinski definition) is 2. The second kappa shape index (κ2) is 3.34. The van der Waals surface area contributed by atoms with E-state index in [1.165, 1.54) is 4.58 Å². The average molecular weight is 166 g/mol. The summed E-state index contributed by atoms with van der Waals surface area (Å²) in [5, 5.41) is 0. The Morgan fingerprint density at radius 3 is 2.36 bits per heavy atom. The van der Waals surface area contributed by atoms with Crippen LogP contribution in [0.5, 0.6) is 0 Å². The second-order valence-electron chi connectivity index (χ2n) is 2.09. The molecule has 0 bridgehead atoms. The highest BCUT2D eigenvalue weighted by Gasteiger charge is 2.01. The van der Waals surface area contributed by atoms with Crippen LogP contribution in [-0.2, 0) is 4.79 Å². The summed E-state index contributed by atoms with van der Waals surface area (Å²) in [4.78, 5) is 11.1. The van der Waals surface area contributed by atoms with Gasteiger partial charge in [0.05, 0.1) is 0 Å². The number of carbonyl (C=O) groups is 1. The van der Waals surface area contributed by atoms with Gasteiger partial charge in [0.2, 0.25) is 5.69 Å². The largest absolute Gasteiger partial charge is 0.380 e. The highest BCUT2D eigenvalue weighted by Crippen LogP contribution is 2.12. The quantitative estimate of drug-likeness (QED) is 0.305. The second-order valence-corrected chi connectivity index (χ2v) is 2.61. The molecule has 0 spiro atoms. The lowest BCUT2D eigenvalue weighted by Crippen LogP contribution is -1.96. The summed E-state index contributed by atoms with van der Waals surface area (Å²) in [5.41, 5.74) is 0.762. The molecule has 56 valence electrons. The van der Waals surface area contributed by atoms with Gasteiger partial charge in [-0.05, 0) is 12.1 Å². The van der Waals surface area contributed by atoms with Gasteiger partial charge >= 0.3 is 6.41 Å². The Hall–Kier alpha value is -1.09. The fourth-order valence-electron chi connectivity index (χ4n) is 0.705. The van der Waals surface area contributed by atoms with Crippen LogP contribution in [0.2, 0.25) is 0 Å². The molecule has 3 heteroatoms. The molecule has 1 amide bonds. The molecule has 0 saturated heterocycles. The molecule has 1 rings (SSSR count). The van der Waals surface area contributed by atoms with Crippen LogP contribution >= 0.6 is 12.6 Å². The third kappa shape index (κ3) is 1.91. The number of nitrogens with zero attached hydrogens (tertiary/aromatic N) is 1. The summed E-state index contributed by atoms with van der Waals surface area (Å²) < 4.78 is 1.26. The molecule has 11 heavy (non-hydrogen) atoms. The van der Waals surface area contributed by atoms with Crippen LogP contribution in [0.25, 0.3) is 0 Å². The van der Waals surface area contributed by atoms with Crippen LogP contribution in [0.4, 0.5) is 5.69 Å². The van der Waals surface area contributed by atoms with Gasteiger partial charge in [-0.2, -0.15) is 0 Å². The predicted molar refractivity (Wildman–Crippen MR) is 46.8 cm³/mol. The van der Waals surface area contributed by atoms with Crippen molar-refractivity contribution in [2.45, 2.75) is 4.90 Å². The lowest BCUT2D eigenvalue weighted by atomic mass is 10.3. The minimum Gasteiger partial charge on any atom is -0.222 e. The van der Waals surface area contributed by atoms with Crippen molar-refractivity contribution in [2.75, 3.05) is 0 Å². The Kier molecular flexibility index (Phi) is 2.44. The Balaban J connectivity index is 2.98. The van der Waals surface area contributed by atoms with Crippen molar-refractivity contribution in [3.63, 3.8) is 0 Å². The highest BCUT2D eigenvalue weighted by atomic mass is 32.1. The fraction of sp³-hybridized carbons (Fsp3) is 0. The lowest BCUT2D eigenvalue weighted by Gasteiger charge is -1.91. The van der Waals surface area contributed by atoms with E-state index in [1.54, 1.807) is 24.3 Å². The number of hydrogen-bond donors (Lipinski definition) is 1. The van der Waals surface area contributed by atoms with Crippen molar-refractivity contribution in [1.29, 1.82) is 0 Å². The van der Waals surface area contributed by atoms with E-state index < -0.39 is 0 Å². The first-order valence-electron chi connectivity index (χ1n) is 3.08. The molecule has 1 aromatic carbocycles. The van der Waals surface area contributed by atoms with Gasteiger partial charge in [-0.3, -0.25) is 0 Å². The molecule has 0 aliphatic rings. The Bertz CT molecular complexity index is 279. The molecule has 2 nitrogen and oxygen atoms in total. The Morgan fingerprint density at radius 2 is 1.91 bits per heavy atom. The number of amides is 1. The summed E-state index contributed by atoms with van der Waals surface area (Å²) in [6.07, 6.45) is 0.660. The van der Waals surface area contributed by atoms with Crippen LogP contribution in [0.15, 0.2) is 29.2 Å². The van der Waals surface area contributed by atoms with Crippen LogP contribution in [0.1, 0.15) is 0 Å². The standard InChI is InChI=1S/C8H7NOS/c1-9(6-10)7-2-4-8(11)5-3-7/h2-6H,1H2/p+1. The van der Waals surface area contributed by atoms with Crippen molar-refractivity contribution in [2.24, 2.45) is 0 Å². The molecule has 0 saturated carbocycles. The van der Waals surface area contributed by atoms with Crippen molar-refractivity contribution in [1.82, 2.24) is 0 Å². The van der Waals surface area contributed by atoms with Crippen molar-refractivity contribution < 1.29 is 9.37 Å². The topological polar surface area (TPSA) is 20.1 Å². The van der Waals surface area contributed by atoms with Crippen LogP contribution < -0.4 is 0 Å². The lowest BCUT2D eigenvalue weighted by molar-refractivity contribution is -0.339. The van der Waals surface area contributed by atoms with Gasteiger partial charge in [-0.25, -0.2) is 4.79 Å². The molecule has 0 heterocycles. The molecule has 0 unspecified atom stereocenters. The Morgan fingerprint density at radius 1 is 1.36 bits per heavy atom. The molecular weight excluding hydrogens is 158 g/mol. The first-order chi connectivity index (χ1) is 5.24. The maximum atomic E-state index is 10.2. The fourth-order valence-corrected chi connectivity index (χ4v) is 0.854. The molecule has 0 aliphatic heterocycles. The minimum atomic E-state index is 0.660. The van der Waals surface area contributed by atoms with Gasteiger partial charge in [-0.1, -0.05) is 0 Å². The van der Waals surface area contributed by atoms with Crippen LogP contribution in [0.3, 0.4) is 0 Å². The first kappa shape index (κ1) is 8.01. The van der Waals surface area contributed by atoms with E-state index in [2.05, 4.69) is 19.3 Å². The number of thiol groups is 1. The molecular formula is C8H8NOS+. The number of benzene rings is 1. The third-order valence-electron chi connectivity index (χ3n) is 1.31. The molecule has 0 radical (unpaired) electrons. The highest BCUT2D eigenvalue weighted by molar-refractivity contribution is 7.80. The van der Waals surface area contributed by atoms with Gasteiger partial charge in [0.15, 0.2) is 0 Å². The number of carbonyl (C=O) groups excluding carboxylic acids is 1. The third-order valence-corrected chi connectivity index (χ3v) is 1.61. The maximum Gasteiger partial charge on any atom is 0.380 e. The zero-order valence-corrected chi connectivity index (χ0v) is 6.79. The van der Waals surface area contributed by atoms with Gasteiger partial charge < -0.3 is 0 Å². The Labute approximate surface area is 70.6 Å². The summed E-state index contributed by atoms with van der Waals surface area (Å²) in [5.74, 6) is 0. The minimum absolute atomic E-state index is 0.660. The van der Waals surface area contributed by atoms with Gasteiger partial charge in [-0.15, -0.1) is 17.2 Å². The van der Waals surface area contributed by atoms with E-state index in [0.717, 1.165) is 10.6 Å². The summed E-state index contributed by atoms with van der Waals surface area (Å²) in [6.45, 7) is 3.50. The smallest absolute Gasteiger partial charge is 0.222 e. The maximum absolute atomic E-state index is 10.2. The molecule has 1 aromatic rings. The average Bonchev–Trinajstić information content (AvgIpc) is 2.05. The van der Waals surface area contributed by atoms with Crippen molar-refractivity contribution >= 4 is 31.4 Å². The van der Waals surface area contributed by atoms with Crippen LogP contribution in [0, 0.1) is 0 Å². The van der Waals surface area contributed by atoms with E-state index >= 15 is 0 Å². The normalized spacial score (nSPS) is 9.18. The van der Waals surface area contributed by atoms with Crippen molar-refractivity contribution in [3.05, 3.63) is 24.3 Å². The molecule has 0 aromatic heterocycles. The number of rotatable bonds is 2. The van der Waals surface area contributed by atoms with Gasteiger partial charge in [0.1, 0.15) is 6.72 Å². The summed E-state index contributed by atoms with van der Waals surface area (Å²) in [7, 11) is 0. The van der Waals surface area contributed by atoms with Crippen LogP contribution in [-0.4, -0.2) is 17.7 Å². The monoisotopic (exact) mass is 166 g/mol. The van der Waals surface area contributed by atoms with E-state index in [9.17, 15) is 4.79 Å². The molecule has 0 aliphatic carbocycles. The first-order valence-corrected chi connectivity index (χ1v) is 3.53. The SMILES string of the molecule is C=[N+](C=O)c1ccc(S)cc1. The van der Waals surface area contributed by atoms with E-state index in [0.29, 0.717) is 6.41 Å². The molecule has 0 N–H and O–H groups in total. The van der Waals surface area contributed by atoms with Gasteiger partial charge in [0, 0.05) is 17.0 Å². The van der Waals surface area contributed by atoms with Crippen molar-refractivity contribution in [3.8, 4) is 0 Å². The summed E-state index contributed by atoms with van der Waals surface area (Å²) in [6, 6.07) is 7.17. The van der Waals surface area contributed by atoms with Gasteiger partial charge in [0.25, 0.3) is 0 Å². The van der Waals surface area contributed by atoms with E-state index in [1.807, 2.05) is 0 Å². The molecule has 0 atom stereocenters.